The maximum Gasteiger partial charge on any atom is 0.272 e. The van der Waals surface area contributed by atoms with Crippen molar-refractivity contribution in [3.8, 4) is 11.5 Å². The normalized spacial score (nSPS) is 11.2. The number of benzene rings is 2. The molecule has 3 aromatic rings. The van der Waals surface area contributed by atoms with Gasteiger partial charge < -0.3 is 20.5 Å². The van der Waals surface area contributed by atoms with Crippen molar-refractivity contribution in [3.63, 3.8) is 0 Å². The number of nitrogens with zero attached hydrogens (tertiary/aromatic N) is 1. The maximum absolute atomic E-state index is 15.5. The number of halogens is 2. The highest BCUT2D eigenvalue weighted by Gasteiger charge is 2.28. The van der Waals surface area contributed by atoms with Crippen LogP contribution in [0.5, 0.6) is 11.5 Å². The second-order valence-corrected chi connectivity index (χ2v) is 7.74. The molecule has 6 N–H and O–H groups in total. The summed E-state index contributed by atoms with van der Waals surface area (Å²) in [5.74, 6) is -3.53. The van der Waals surface area contributed by atoms with E-state index in [-0.39, 0.29) is 35.1 Å². The Morgan fingerprint density at radius 2 is 1.86 bits per heavy atom. The van der Waals surface area contributed by atoms with Gasteiger partial charge in [-0.1, -0.05) is 6.92 Å². The van der Waals surface area contributed by atoms with Crippen molar-refractivity contribution in [2.24, 2.45) is 5.73 Å². The molecule has 2 aromatic carbocycles. The predicted octanol–water partition coefficient (Wildman–Crippen LogP) is 3.06. The molecule has 0 spiro atoms. The van der Waals surface area contributed by atoms with Gasteiger partial charge in [0, 0.05) is 29.1 Å². The van der Waals surface area contributed by atoms with Crippen LogP contribution in [0.3, 0.4) is 0 Å². The van der Waals surface area contributed by atoms with Crippen LogP contribution >= 0.6 is 0 Å². The number of carbonyl (C=O) groups excluding carboxylic acids is 2. The number of aromatic nitrogens is 1. The third-order valence-electron chi connectivity index (χ3n) is 5.13. The fourth-order valence-corrected chi connectivity index (χ4v) is 3.25. The van der Waals surface area contributed by atoms with E-state index < -0.39 is 29.5 Å². The van der Waals surface area contributed by atoms with Crippen molar-refractivity contribution >= 4 is 23.3 Å². The van der Waals surface area contributed by atoms with E-state index in [9.17, 15) is 14.0 Å². The van der Waals surface area contributed by atoms with E-state index in [1.807, 2.05) is 6.92 Å². The number of ether oxygens (including phenoxy) is 2. The Morgan fingerprint density at radius 3 is 2.49 bits per heavy atom. The molecule has 3 rings (SSSR count). The van der Waals surface area contributed by atoms with Crippen molar-refractivity contribution in [2.45, 2.75) is 19.4 Å². The first-order valence-corrected chi connectivity index (χ1v) is 11.2. The Balaban J connectivity index is 1.95. The molecule has 1 unspecified atom stereocenters. The lowest BCUT2D eigenvalue weighted by Crippen LogP contribution is -2.45. The summed E-state index contributed by atoms with van der Waals surface area (Å²) in [5, 5.41) is 10.4. The highest BCUT2D eigenvalue weighted by atomic mass is 19.1. The minimum Gasteiger partial charge on any atom is -0.497 e. The predicted molar refractivity (Wildman–Crippen MR) is 132 cm³/mol. The molecule has 0 aliphatic carbocycles. The number of hydrogen-bond donors (Lipinski definition) is 5. The van der Waals surface area contributed by atoms with E-state index in [1.54, 1.807) is 24.3 Å². The lowest BCUT2D eigenvalue weighted by molar-refractivity contribution is -0.122. The Bertz CT molecular complexity index is 1290. The molecule has 0 aliphatic rings. The van der Waals surface area contributed by atoms with E-state index in [2.05, 4.69) is 21.2 Å². The number of carbonyl (C=O) groups is 2. The molecule has 37 heavy (non-hydrogen) atoms. The van der Waals surface area contributed by atoms with Crippen LogP contribution in [-0.4, -0.2) is 36.4 Å². The summed E-state index contributed by atoms with van der Waals surface area (Å²) in [5.41, 5.74) is 10.2. The largest absolute Gasteiger partial charge is 0.497 e. The number of amides is 2. The quantitative estimate of drug-likeness (QED) is 0.159. The third-order valence-corrected chi connectivity index (χ3v) is 5.13. The number of anilines is 1. The second-order valence-electron chi connectivity index (χ2n) is 7.74. The molecular formula is C25H26F2N6O4. The molecule has 0 bridgehead atoms. The van der Waals surface area contributed by atoms with Crippen LogP contribution in [-0.2, 0) is 4.79 Å². The van der Waals surface area contributed by atoms with Gasteiger partial charge in [0.25, 0.3) is 11.8 Å². The molecule has 0 saturated carbocycles. The van der Waals surface area contributed by atoms with Gasteiger partial charge in [-0.25, -0.2) is 8.78 Å². The van der Waals surface area contributed by atoms with E-state index in [0.717, 1.165) is 12.3 Å². The summed E-state index contributed by atoms with van der Waals surface area (Å²) in [6.07, 6.45) is 2.70. The monoisotopic (exact) mass is 512 g/mol. The van der Waals surface area contributed by atoms with E-state index in [4.69, 9.17) is 20.6 Å². The highest BCUT2D eigenvalue weighted by Crippen LogP contribution is 2.33. The van der Waals surface area contributed by atoms with Gasteiger partial charge in [0.05, 0.1) is 25.5 Å². The SMILES string of the molecule is CCCOc1cc(OC)cc(C(Nc2ccc(C(=N)N)cc2)C(=O)NNC(=O)c2ccncc2F)c1F. The topological polar surface area (TPSA) is 151 Å². The zero-order valence-electron chi connectivity index (χ0n) is 20.1. The van der Waals surface area contributed by atoms with Crippen LogP contribution in [0.4, 0.5) is 14.5 Å². The average Bonchev–Trinajstić information content (AvgIpc) is 2.90. The first-order valence-electron chi connectivity index (χ1n) is 11.2. The van der Waals surface area contributed by atoms with Crippen LogP contribution in [0.1, 0.15) is 40.9 Å². The number of hydrogen-bond acceptors (Lipinski definition) is 7. The number of methoxy groups -OCH3 is 1. The summed E-state index contributed by atoms with van der Waals surface area (Å²) < 4.78 is 40.2. The Morgan fingerprint density at radius 1 is 1.14 bits per heavy atom. The lowest BCUT2D eigenvalue weighted by Gasteiger charge is -2.22. The Kier molecular flexibility index (Phi) is 8.92. The molecule has 1 atom stereocenters. The molecule has 12 heteroatoms. The summed E-state index contributed by atoms with van der Waals surface area (Å²) >= 11 is 0. The lowest BCUT2D eigenvalue weighted by atomic mass is 10.0. The summed E-state index contributed by atoms with van der Waals surface area (Å²) in [6, 6.07) is 8.62. The van der Waals surface area contributed by atoms with Gasteiger partial charge in [0.2, 0.25) is 0 Å². The standard InChI is InChI=1S/C25H26F2N6O4/c1-3-10-37-20-12-16(36-2)11-18(21(20)27)22(31-15-6-4-14(5-7-15)23(28)29)25(35)33-32-24(34)17-8-9-30-13-19(17)26/h4-9,11-13,22,31H,3,10H2,1-2H3,(H3,28,29)(H,32,34)(H,33,35). The second kappa shape index (κ2) is 12.3. The number of rotatable bonds is 10. The first kappa shape index (κ1) is 26.9. The number of hydrazine groups is 1. The zero-order chi connectivity index (χ0) is 26.9. The van der Waals surface area contributed by atoms with Gasteiger partial charge in [0.1, 0.15) is 17.6 Å². The molecule has 1 aromatic heterocycles. The zero-order valence-corrected chi connectivity index (χ0v) is 20.1. The van der Waals surface area contributed by atoms with Gasteiger partial charge in [0.15, 0.2) is 17.4 Å². The van der Waals surface area contributed by atoms with Crippen LogP contribution in [0.15, 0.2) is 54.9 Å². The molecule has 194 valence electrons. The summed E-state index contributed by atoms with van der Waals surface area (Å²) in [7, 11) is 1.38. The van der Waals surface area contributed by atoms with Crippen LogP contribution < -0.4 is 31.4 Å². The summed E-state index contributed by atoms with van der Waals surface area (Å²) in [6.45, 7) is 2.09. The average molecular weight is 513 g/mol. The molecule has 1 heterocycles. The number of pyridine rings is 1. The Hall–Kier alpha value is -4.74. The number of nitrogens with one attached hydrogen (secondary N) is 4. The van der Waals surface area contributed by atoms with Crippen molar-refractivity contribution in [2.75, 3.05) is 19.0 Å². The van der Waals surface area contributed by atoms with Crippen LogP contribution in [0.2, 0.25) is 0 Å². The number of nitrogen functional groups attached to an aromatic ring is 1. The summed E-state index contributed by atoms with van der Waals surface area (Å²) in [4.78, 5) is 29.2. The van der Waals surface area contributed by atoms with Gasteiger partial charge in [-0.15, -0.1) is 0 Å². The van der Waals surface area contributed by atoms with Gasteiger partial charge in [-0.05, 0) is 42.8 Å². The van der Waals surface area contributed by atoms with Crippen molar-refractivity contribution in [3.05, 3.63) is 83.2 Å². The first-order chi connectivity index (χ1) is 17.7. The minimum atomic E-state index is -1.40. The molecule has 10 nitrogen and oxygen atoms in total. The number of nitrogens with two attached hydrogens (primary N) is 1. The minimum absolute atomic E-state index is 0.120. The Labute approximate surface area is 211 Å². The van der Waals surface area contributed by atoms with Crippen molar-refractivity contribution in [1.29, 1.82) is 5.41 Å². The van der Waals surface area contributed by atoms with Crippen LogP contribution in [0, 0.1) is 17.0 Å². The van der Waals surface area contributed by atoms with E-state index >= 15 is 4.39 Å². The fourth-order valence-electron chi connectivity index (χ4n) is 3.25. The molecule has 0 radical (unpaired) electrons. The molecule has 0 fully saturated rings. The molecule has 0 aliphatic heterocycles. The van der Waals surface area contributed by atoms with E-state index in [0.29, 0.717) is 17.7 Å². The van der Waals surface area contributed by atoms with E-state index in [1.165, 1.54) is 25.4 Å². The molecule has 0 saturated heterocycles. The maximum atomic E-state index is 15.5. The number of amidine groups is 1. The third kappa shape index (κ3) is 6.69. The van der Waals surface area contributed by atoms with Crippen LogP contribution in [0.25, 0.3) is 0 Å². The van der Waals surface area contributed by atoms with Crippen molar-refractivity contribution in [1.82, 2.24) is 15.8 Å². The van der Waals surface area contributed by atoms with Gasteiger partial charge in [-0.2, -0.15) is 0 Å². The van der Waals surface area contributed by atoms with Gasteiger partial charge in [-0.3, -0.25) is 30.8 Å². The van der Waals surface area contributed by atoms with Gasteiger partial charge >= 0.3 is 0 Å². The smallest absolute Gasteiger partial charge is 0.272 e. The molecular weight excluding hydrogens is 486 g/mol. The molecule has 2 amide bonds. The van der Waals surface area contributed by atoms with Crippen molar-refractivity contribution < 1.29 is 27.8 Å². The fraction of sp³-hybridized carbons (Fsp3) is 0.200. The highest BCUT2D eigenvalue weighted by molar-refractivity contribution is 5.97.